The van der Waals surface area contributed by atoms with Crippen LogP contribution in [0.1, 0.15) is 24.6 Å². The van der Waals surface area contributed by atoms with Crippen molar-refractivity contribution in [2.75, 3.05) is 24.7 Å². The highest BCUT2D eigenvalue weighted by molar-refractivity contribution is 6.31. The molecular formula is C21H23ClN4O4. The molecule has 1 aromatic carbocycles. The molecule has 0 unspecified atom stereocenters. The fourth-order valence-electron chi connectivity index (χ4n) is 2.69. The van der Waals surface area contributed by atoms with Gasteiger partial charge in [0.25, 0.3) is 5.91 Å². The number of aryl methyl sites for hydroxylation is 2. The van der Waals surface area contributed by atoms with Crippen LogP contribution in [0.25, 0.3) is 6.08 Å². The van der Waals surface area contributed by atoms with Gasteiger partial charge in [-0.25, -0.2) is 4.79 Å². The van der Waals surface area contributed by atoms with E-state index in [0.717, 1.165) is 0 Å². The van der Waals surface area contributed by atoms with Gasteiger partial charge in [-0.3, -0.25) is 9.48 Å². The van der Waals surface area contributed by atoms with Crippen molar-refractivity contribution in [3.63, 3.8) is 0 Å². The van der Waals surface area contributed by atoms with Gasteiger partial charge < -0.3 is 14.4 Å². The number of hydrogen-bond donors (Lipinski definition) is 0. The molecule has 0 spiro atoms. The number of benzene rings is 1. The van der Waals surface area contributed by atoms with E-state index < -0.39 is 18.5 Å². The van der Waals surface area contributed by atoms with Gasteiger partial charge in [0.2, 0.25) is 0 Å². The molecule has 158 valence electrons. The van der Waals surface area contributed by atoms with Gasteiger partial charge in [-0.15, -0.1) is 0 Å². The molecule has 1 heterocycles. The second-order valence-electron chi connectivity index (χ2n) is 6.23. The van der Waals surface area contributed by atoms with Crippen LogP contribution < -0.4 is 9.64 Å². The maximum absolute atomic E-state index is 12.6. The number of nitrogens with zero attached hydrogens (tertiary/aromatic N) is 4. The fraction of sp³-hybridized carbons (Fsp3) is 0.333. The monoisotopic (exact) mass is 430 g/mol. The molecule has 1 aromatic heterocycles. The molecule has 8 nitrogen and oxygen atoms in total. The van der Waals surface area contributed by atoms with E-state index >= 15 is 0 Å². The van der Waals surface area contributed by atoms with Gasteiger partial charge in [0.15, 0.2) is 6.61 Å². The van der Waals surface area contributed by atoms with E-state index in [2.05, 4.69) is 5.10 Å². The minimum Gasteiger partial charge on any atom is -0.494 e. The molecule has 0 aliphatic heterocycles. The van der Waals surface area contributed by atoms with Crippen LogP contribution in [0.5, 0.6) is 5.75 Å². The SMILES string of the molecule is CCOc1ccc(N(CCC#N)C(=O)COC(=O)/C=C/c2c(C)nn(C)c2Cl)cc1. The Morgan fingerprint density at radius 1 is 1.33 bits per heavy atom. The van der Waals surface area contributed by atoms with Crippen molar-refractivity contribution < 1.29 is 19.1 Å². The van der Waals surface area contributed by atoms with Gasteiger partial charge >= 0.3 is 5.97 Å². The number of carbonyl (C=O) groups excluding carboxylic acids is 2. The lowest BCUT2D eigenvalue weighted by Gasteiger charge is -2.21. The Bertz CT molecular complexity index is 961. The lowest BCUT2D eigenvalue weighted by Crippen LogP contribution is -2.35. The first-order valence-corrected chi connectivity index (χ1v) is 9.69. The van der Waals surface area contributed by atoms with E-state index in [1.807, 2.05) is 13.0 Å². The highest BCUT2D eigenvalue weighted by Gasteiger charge is 2.17. The third-order valence-electron chi connectivity index (χ3n) is 4.13. The predicted octanol–water partition coefficient (Wildman–Crippen LogP) is 3.28. The van der Waals surface area contributed by atoms with E-state index in [1.165, 1.54) is 21.7 Å². The number of anilines is 1. The van der Waals surface area contributed by atoms with E-state index in [1.54, 1.807) is 38.2 Å². The van der Waals surface area contributed by atoms with Crippen molar-refractivity contribution in [3.8, 4) is 11.8 Å². The molecule has 1 amide bonds. The quantitative estimate of drug-likeness (QED) is 0.447. The minimum absolute atomic E-state index is 0.144. The van der Waals surface area contributed by atoms with Crippen molar-refractivity contribution in [2.45, 2.75) is 20.3 Å². The summed E-state index contributed by atoms with van der Waals surface area (Å²) in [5, 5.41) is 13.4. The Labute approximate surface area is 180 Å². The summed E-state index contributed by atoms with van der Waals surface area (Å²) in [5.41, 5.74) is 1.86. The van der Waals surface area contributed by atoms with E-state index in [-0.39, 0.29) is 13.0 Å². The summed E-state index contributed by atoms with van der Waals surface area (Å²) in [6, 6.07) is 8.92. The summed E-state index contributed by atoms with van der Waals surface area (Å²) in [6.07, 6.45) is 2.84. The number of halogens is 1. The van der Waals surface area contributed by atoms with Crippen LogP contribution in [-0.4, -0.2) is 41.4 Å². The first-order chi connectivity index (χ1) is 14.4. The Morgan fingerprint density at radius 2 is 2.03 bits per heavy atom. The normalized spacial score (nSPS) is 10.6. The summed E-state index contributed by atoms with van der Waals surface area (Å²) in [4.78, 5) is 26.0. The average Bonchev–Trinajstić information content (AvgIpc) is 2.97. The number of ether oxygens (including phenoxy) is 2. The van der Waals surface area contributed by atoms with E-state index in [0.29, 0.717) is 34.5 Å². The van der Waals surface area contributed by atoms with Crippen LogP contribution in [0.2, 0.25) is 5.15 Å². The standard InChI is InChI=1S/C21H23ClN4O4/c1-4-29-17-8-6-16(7-9-17)26(13-5-12-23)19(27)14-30-20(28)11-10-18-15(2)24-25(3)21(18)22/h6-11H,4-5,13-14H2,1-3H3/b11-10+. The van der Waals surface area contributed by atoms with E-state index in [4.69, 9.17) is 26.3 Å². The molecule has 0 bridgehead atoms. The van der Waals surface area contributed by atoms with Crippen molar-refractivity contribution in [2.24, 2.45) is 7.05 Å². The Balaban J connectivity index is 2.01. The zero-order valence-corrected chi connectivity index (χ0v) is 17.8. The lowest BCUT2D eigenvalue weighted by molar-refractivity contribution is -0.142. The van der Waals surface area contributed by atoms with Crippen LogP contribution in [0.15, 0.2) is 30.3 Å². The first-order valence-electron chi connectivity index (χ1n) is 9.31. The average molecular weight is 431 g/mol. The number of carbonyl (C=O) groups is 2. The third-order valence-corrected chi connectivity index (χ3v) is 4.58. The highest BCUT2D eigenvalue weighted by atomic mass is 35.5. The number of esters is 1. The van der Waals surface area contributed by atoms with Crippen LogP contribution in [0.4, 0.5) is 5.69 Å². The molecule has 0 radical (unpaired) electrons. The maximum atomic E-state index is 12.6. The Kier molecular flexibility index (Phi) is 8.44. The topological polar surface area (TPSA) is 97.4 Å². The molecule has 0 atom stereocenters. The zero-order valence-electron chi connectivity index (χ0n) is 17.1. The molecule has 0 saturated carbocycles. The summed E-state index contributed by atoms with van der Waals surface area (Å²) in [7, 11) is 1.69. The van der Waals surface area contributed by atoms with Gasteiger partial charge in [-0.1, -0.05) is 11.6 Å². The molecule has 0 aliphatic carbocycles. The molecule has 2 aromatic rings. The summed E-state index contributed by atoms with van der Waals surface area (Å²) < 4.78 is 12.0. The van der Waals surface area contributed by atoms with Crippen LogP contribution in [0, 0.1) is 18.3 Å². The Morgan fingerprint density at radius 3 is 2.60 bits per heavy atom. The second-order valence-corrected chi connectivity index (χ2v) is 6.59. The highest BCUT2D eigenvalue weighted by Crippen LogP contribution is 2.21. The van der Waals surface area contributed by atoms with Crippen molar-refractivity contribution >= 4 is 35.2 Å². The summed E-state index contributed by atoms with van der Waals surface area (Å²) in [6.45, 7) is 3.90. The molecular weight excluding hydrogens is 408 g/mol. The first kappa shape index (κ1) is 23.0. The molecule has 9 heteroatoms. The minimum atomic E-state index is -0.686. The van der Waals surface area contributed by atoms with Crippen molar-refractivity contribution in [3.05, 3.63) is 46.8 Å². The number of aromatic nitrogens is 2. The van der Waals surface area contributed by atoms with Crippen molar-refractivity contribution in [1.29, 1.82) is 5.26 Å². The largest absolute Gasteiger partial charge is 0.494 e. The van der Waals surface area contributed by atoms with Gasteiger partial charge in [-0.2, -0.15) is 10.4 Å². The predicted molar refractivity (Wildman–Crippen MR) is 113 cm³/mol. The fourth-order valence-corrected chi connectivity index (χ4v) is 2.93. The maximum Gasteiger partial charge on any atom is 0.331 e. The van der Waals surface area contributed by atoms with Gasteiger partial charge in [0.05, 0.1) is 24.8 Å². The molecule has 2 rings (SSSR count). The zero-order chi connectivity index (χ0) is 22.1. The van der Waals surface area contributed by atoms with E-state index in [9.17, 15) is 9.59 Å². The van der Waals surface area contributed by atoms with Crippen LogP contribution in [0.3, 0.4) is 0 Å². The molecule has 0 saturated heterocycles. The van der Waals surface area contributed by atoms with Gasteiger partial charge in [0, 0.05) is 30.9 Å². The number of amides is 1. The Hall–Kier alpha value is -3.31. The molecule has 0 N–H and O–H groups in total. The summed E-state index contributed by atoms with van der Waals surface area (Å²) >= 11 is 6.11. The van der Waals surface area contributed by atoms with Gasteiger partial charge in [-0.05, 0) is 44.2 Å². The number of hydrogen-bond acceptors (Lipinski definition) is 6. The second kappa shape index (κ2) is 11.0. The molecule has 0 fully saturated rings. The molecule has 30 heavy (non-hydrogen) atoms. The smallest absolute Gasteiger partial charge is 0.331 e. The van der Waals surface area contributed by atoms with Crippen LogP contribution >= 0.6 is 11.6 Å². The lowest BCUT2D eigenvalue weighted by atomic mass is 10.2. The third kappa shape index (κ3) is 6.09. The van der Waals surface area contributed by atoms with Gasteiger partial charge in [0.1, 0.15) is 10.9 Å². The number of nitriles is 1. The summed E-state index contributed by atoms with van der Waals surface area (Å²) in [5.74, 6) is -0.448. The van der Waals surface area contributed by atoms with Crippen LogP contribution in [-0.2, 0) is 21.4 Å². The van der Waals surface area contributed by atoms with Crippen molar-refractivity contribution in [1.82, 2.24) is 9.78 Å². The number of rotatable bonds is 9. The molecule has 0 aliphatic rings.